The first-order chi connectivity index (χ1) is 8.23. The number of rotatable bonds is 4. The van der Waals surface area contributed by atoms with E-state index in [1.54, 1.807) is 0 Å². The molecule has 0 bridgehead atoms. The Morgan fingerprint density at radius 2 is 1.88 bits per heavy atom. The van der Waals surface area contributed by atoms with Gasteiger partial charge < -0.3 is 10.6 Å². The van der Waals surface area contributed by atoms with E-state index < -0.39 is 0 Å². The fraction of sp³-hybridized carbons (Fsp3) is 0.929. The minimum absolute atomic E-state index is 0.187. The Labute approximate surface area is 105 Å². The van der Waals surface area contributed by atoms with Crippen LogP contribution in [0.15, 0.2) is 0 Å². The standard InChI is InChI=1S/C14H26N2O/c1-2-16(12-7-4-3-5-8-12)13(17)14(11-15)9-6-10-14/h12H,2-11,15H2,1H3. The van der Waals surface area contributed by atoms with Crippen molar-refractivity contribution in [2.75, 3.05) is 13.1 Å². The summed E-state index contributed by atoms with van der Waals surface area (Å²) >= 11 is 0. The highest BCUT2D eigenvalue weighted by atomic mass is 16.2. The van der Waals surface area contributed by atoms with Gasteiger partial charge in [-0.05, 0) is 32.6 Å². The molecule has 0 spiro atoms. The van der Waals surface area contributed by atoms with Crippen LogP contribution in [-0.2, 0) is 4.79 Å². The second-order valence-corrected chi connectivity index (χ2v) is 5.72. The van der Waals surface area contributed by atoms with Gasteiger partial charge in [-0.25, -0.2) is 0 Å². The van der Waals surface area contributed by atoms with Crippen molar-refractivity contribution >= 4 is 5.91 Å². The maximum Gasteiger partial charge on any atom is 0.230 e. The molecule has 2 fully saturated rings. The van der Waals surface area contributed by atoms with Crippen molar-refractivity contribution in [3.8, 4) is 0 Å². The third-order valence-electron chi connectivity index (χ3n) is 4.77. The van der Waals surface area contributed by atoms with Crippen LogP contribution in [0.5, 0.6) is 0 Å². The van der Waals surface area contributed by atoms with Gasteiger partial charge in [0.1, 0.15) is 0 Å². The molecule has 2 N–H and O–H groups in total. The predicted molar refractivity (Wildman–Crippen MR) is 69.6 cm³/mol. The van der Waals surface area contributed by atoms with Crippen molar-refractivity contribution in [3.05, 3.63) is 0 Å². The van der Waals surface area contributed by atoms with Crippen LogP contribution in [0, 0.1) is 5.41 Å². The van der Waals surface area contributed by atoms with E-state index in [4.69, 9.17) is 5.73 Å². The Hall–Kier alpha value is -0.570. The molecule has 0 unspecified atom stereocenters. The van der Waals surface area contributed by atoms with Gasteiger partial charge in [0.05, 0.1) is 5.41 Å². The summed E-state index contributed by atoms with van der Waals surface area (Å²) < 4.78 is 0. The molecule has 98 valence electrons. The topological polar surface area (TPSA) is 46.3 Å². The molecule has 0 aliphatic heterocycles. The lowest BCUT2D eigenvalue weighted by molar-refractivity contribution is -0.149. The molecule has 0 saturated heterocycles. The lowest BCUT2D eigenvalue weighted by Gasteiger charge is -2.45. The van der Waals surface area contributed by atoms with Crippen LogP contribution in [0.3, 0.4) is 0 Å². The van der Waals surface area contributed by atoms with Crippen LogP contribution >= 0.6 is 0 Å². The summed E-state index contributed by atoms with van der Waals surface area (Å²) in [6.07, 6.45) is 9.47. The molecule has 2 saturated carbocycles. The number of amides is 1. The third kappa shape index (κ3) is 2.35. The molecule has 1 amide bonds. The third-order valence-corrected chi connectivity index (χ3v) is 4.77. The van der Waals surface area contributed by atoms with Crippen LogP contribution in [0.1, 0.15) is 58.3 Å². The average molecular weight is 238 g/mol. The van der Waals surface area contributed by atoms with Crippen molar-refractivity contribution in [1.82, 2.24) is 4.90 Å². The predicted octanol–water partition coefficient (Wildman–Crippen LogP) is 2.30. The zero-order valence-electron chi connectivity index (χ0n) is 11.1. The quantitative estimate of drug-likeness (QED) is 0.817. The summed E-state index contributed by atoms with van der Waals surface area (Å²) in [5.74, 6) is 0.348. The molecule has 0 radical (unpaired) electrons. The lowest BCUT2D eigenvalue weighted by atomic mass is 9.67. The number of hydrogen-bond donors (Lipinski definition) is 1. The van der Waals surface area contributed by atoms with Gasteiger partial charge in [-0.2, -0.15) is 0 Å². The molecule has 2 aliphatic rings. The van der Waals surface area contributed by atoms with Crippen molar-refractivity contribution < 1.29 is 4.79 Å². The van der Waals surface area contributed by atoms with Crippen molar-refractivity contribution in [1.29, 1.82) is 0 Å². The molecular formula is C14H26N2O. The van der Waals surface area contributed by atoms with E-state index in [-0.39, 0.29) is 5.41 Å². The molecule has 0 heterocycles. The highest BCUT2D eigenvalue weighted by Crippen LogP contribution is 2.42. The van der Waals surface area contributed by atoms with E-state index in [1.807, 2.05) is 0 Å². The Kier molecular flexibility index (Phi) is 4.08. The van der Waals surface area contributed by atoms with Crippen LogP contribution < -0.4 is 5.73 Å². The van der Waals surface area contributed by atoms with Crippen LogP contribution in [-0.4, -0.2) is 29.9 Å². The van der Waals surface area contributed by atoms with E-state index >= 15 is 0 Å². The number of nitrogens with two attached hydrogens (primary N) is 1. The molecule has 2 rings (SSSR count). The maximum atomic E-state index is 12.7. The Morgan fingerprint density at radius 3 is 2.29 bits per heavy atom. The number of nitrogens with zero attached hydrogens (tertiary/aromatic N) is 1. The molecule has 0 aromatic rings. The summed E-state index contributed by atoms with van der Waals surface area (Å²) in [5.41, 5.74) is 5.66. The Morgan fingerprint density at radius 1 is 1.24 bits per heavy atom. The van der Waals surface area contributed by atoms with E-state index in [0.717, 1.165) is 19.4 Å². The molecule has 0 aromatic carbocycles. The molecular weight excluding hydrogens is 212 g/mol. The maximum absolute atomic E-state index is 12.7. The van der Waals surface area contributed by atoms with E-state index in [0.29, 0.717) is 18.5 Å². The highest BCUT2D eigenvalue weighted by molar-refractivity contribution is 5.84. The van der Waals surface area contributed by atoms with Crippen molar-refractivity contribution in [2.24, 2.45) is 11.1 Å². The molecule has 2 aliphatic carbocycles. The summed E-state index contributed by atoms with van der Waals surface area (Å²) in [7, 11) is 0. The minimum Gasteiger partial charge on any atom is -0.339 e. The molecule has 17 heavy (non-hydrogen) atoms. The van der Waals surface area contributed by atoms with Crippen molar-refractivity contribution in [3.63, 3.8) is 0 Å². The van der Waals surface area contributed by atoms with Crippen LogP contribution in [0.4, 0.5) is 0 Å². The van der Waals surface area contributed by atoms with Gasteiger partial charge in [0.15, 0.2) is 0 Å². The van der Waals surface area contributed by atoms with Crippen molar-refractivity contribution in [2.45, 2.75) is 64.3 Å². The van der Waals surface area contributed by atoms with Crippen LogP contribution in [0.25, 0.3) is 0 Å². The number of carbonyl (C=O) groups is 1. The van der Waals surface area contributed by atoms with E-state index in [2.05, 4.69) is 11.8 Å². The van der Waals surface area contributed by atoms with E-state index in [9.17, 15) is 4.79 Å². The number of carbonyl (C=O) groups excluding carboxylic acids is 1. The monoisotopic (exact) mass is 238 g/mol. The summed E-state index contributed by atoms with van der Waals surface area (Å²) in [6.45, 7) is 3.50. The zero-order chi connectivity index (χ0) is 12.3. The normalized spacial score (nSPS) is 24.1. The average Bonchev–Trinajstić information content (AvgIpc) is 2.31. The highest BCUT2D eigenvalue weighted by Gasteiger charge is 2.46. The van der Waals surface area contributed by atoms with Gasteiger partial charge >= 0.3 is 0 Å². The van der Waals surface area contributed by atoms with Gasteiger partial charge in [-0.3, -0.25) is 4.79 Å². The minimum atomic E-state index is -0.187. The second kappa shape index (κ2) is 5.38. The lowest BCUT2D eigenvalue weighted by Crippen LogP contribution is -2.55. The van der Waals surface area contributed by atoms with Gasteiger partial charge in [-0.15, -0.1) is 0 Å². The summed E-state index contributed by atoms with van der Waals surface area (Å²) in [6, 6.07) is 0.491. The smallest absolute Gasteiger partial charge is 0.230 e. The molecule has 3 nitrogen and oxygen atoms in total. The summed E-state index contributed by atoms with van der Waals surface area (Å²) in [5, 5.41) is 0. The SMILES string of the molecule is CCN(C(=O)C1(CN)CCC1)C1CCCCC1. The molecule has 3 heteroatoms. The van der Waals surface area contributed by atoms with Gasteiger partial charge in [0.25, 0.3) is 0 Å². The van der Waals surface area contributed by atoms with Crippen LogP contribution in [0.2, 0.25) is 0 Å². The molecule has 0 atom stereocenters. The fourth-order valence-electron chi connectivity index (χ4n) is 3.37. The van der Waals surface area contributed by atoms with E-state index in [1.165, 1.54) is 38.5 Å². The van der Waals surface area contributed by atoms with Gasteiger partial charge in [0, 0.05) is 19.1 Å². The zero-order valence-corrected chi connectivity index (χ0v) is 11.1. The second-order valence-electron chi connectivity index (χ2n) is 5.72. The Bertz CT molecular complexity index is 262. The first kappa shape index (κ1) is 12.9. The largest absolute Gasteiger partial charge is 0.339 e. The molecule has 0 aromatic heterocycles. The Balaban J connectivity index is 2.03. The van der Waals surface area contributed by atoms with Gasteiger partial charge in [-0.1, -0.05) is 25.7 Å². The first-order valence-corrected chi connectivity index (χ1v) is 7.24. The first-order valence-electron chi connectivity index (χ1n) is 7.24. The fourth-order valence-corrected chi connectivity index (χ4v) is 3.37. The number of hydrogen-bond acceptors (Lipinski definition) is 2. The summed E-state index contributed by atoms with van der Waals surface area (Å²) in [4.78, 5) is 14.8. The van der Waals surface area contributed by atoms with Gasteiger partial charge in [0.2, 0.25) is 5.91 Å².